The number of rotatable bonds is 6. The standard InChI is InChI=1S/C23H31BN2O5/c1-7-20(23(3,4)5)26(22(28)16-10-8-11-17(14-16)24(29)30)25-21(27)18-12-9-13-19(31-6)15(18)2/h8-14,20,29-30H,7H2,1-6H3,(H,25,27)/t20-/m1/s1. The summed E-state index contributed by atoms with van der Waals surface area (Å²) in [5.74, 6) is -0.276. The van der Waals surface area contributed by atoms with Crippen molar-refractivity contribution in [1.29, 1.82) is 0 Å². The summed E-state index contributed by atoms with van der Waals surface area (Å²) >= 11 is 0. The number of carbonyl (C=O) groups is 2. The second kappa shape index (κ2) is 9.98. The molecule has 3 N–H and O–H groups in total. The summed E-state index contributed by atoms with van der Waals surface area (Å²) in [5.41, 5.74) is 3.99. The molecule has 0 heterocycles. The molecule has 0 aliphatic heterocycles. The van der Waals surface area contributed by atoms with Crippen molar-refractivity contribution >= 4 is 24.4 Å². The molecular weight excluding hydrogens is 395 g/mol. The molecule has 0 saturated carbocycles. The first-order valence-electron chi connectivity index (χ1n) is 10.3. The predicted octanol–water partition coefficient (Wildman–Crippen LogP) is 2.30. The lowest BCUT2D eigenvalue weighted by Crippen LogP contribution is -2.56. The molecule has 0 fully saturated rings. The number of benzene rings is 2. The van der Waals surface area contributed by atoms with Gasteiger partial charge in [0.2, 0.25) is 0 Å². The molecule has 8 heteroatoms. The average molecular weight is 426 g/mol. The van der Waals surface area contributed by atoms with E-state index in [1.54, 1.807) is 37.3 Å². The third kappa shape index (κ3) is 5.65. The van der Waals surface area contributed by atoms with E-state index in [9.17, 15) is 19.6 Å². The zero-order chi connectivity index (χ0) is 23.3. The highest BCUT2D eigenvalue weighted by molar-refractivity contribution is 6.58. The lowest BCUT2D eigenvalue weighted by molar-refractivity contribution is 0.0284. The van der Waals surface area contributed by atoms with Crippen molar-refractivity contribution in [2.75, 3.05) is 7.11 Å². The van der Waals surface area contributed by atoms with Crippen LogP contribution in [-0.2, 0) is 0 Å². The molecular formula is C23H31BN2O5. The number of nitrogens with zero attached hydrogens (tertiary/aromatic N) is 1. The van der Waals surface area contributed by atoms with Gasteiger partial charge in [0.25, 0.3) is 11.8 Å². The molecule has 2 aromatic carbocycles. The lowest BCUT2D eigenvalue weighted by Gasteiger charge is -2.39. The molecule has 31 heavy (non-hydrogen) atoms. The highest BCUT2D eigenvalue weighted by Crippen LogP contribution is 2.28. The second-order valence-electron chi connectivity index (χ2n) is 8.54. The highest BCUT2D eigenvalue weighted by atomic mass is 16.5. The van der Waals surface area contributed by atoms with E-state index in [0.717, 1.165) is 0 Å². The van der Waals surface area contributed by atoms with Crippen LogP contribution in [-0.4, -0.2) is 47.1 Å². The maximum absolute atomic E-state index is 13.5. The summed E-state index contributed by atoms with van der Waals surface area (Å²) in [6.07, 6.45) is 0.606. The number of methoxy groups -OCH3 is 1. The van der Waals surface area contributed by atoms with Gasteiger partial charge in [0.1, 0.15) is 5.75 Å². The van der Waals surface area contributed by atoms with Crippen LogP contribution in [0.3, 0.4) is 0 Å². The average Bonchev–Trinajstić information content (AvgIpc) is 2.72. The maximum Gasteiger partial charge on any atom is 0.488 e. The summed E-state index contributed by atoms with van der Waals surface area (Å²) < 4.78 is 5.31. The molecule has 2 aromatic rings. The van der Waals surface area contributed by atoms with Gasteiger partial charge in [-0.1, -0.05) is 45.9 Å². The molecule has 0 saturated heterocycles. The van der Waals surface area contributed by atoms with Crippen LogP contribution in [0.1, 0.15) is 60.4 Å². The topological polar surface area (TPSA) is 99.1 Å². The highest BCUT2D eigenvalue weighted by Gasteiger charge is 2.34. The zero-order valence-corrected chi connectivity index (χ0v) is 19.0. The first-order valence-corrected chi connectivity index (χ1v) is 10.3. The summed E-state index contributed by atoms with van der Waals surface area (Å²) in [4.78, 5) is 26.6. The molecule has 166 valence electrons. The Morgan fingerprint density at radius 1 is 1.16 bits per heavy atom. The van der Waals surface area contributed by atoms with Crippen molar-refractivity contribution in [3.63, 3.8) is 0 Å². The van der Waals surface area contributed by atoms with Crippen LogP contribution in [0.5, 0.6) is 5.75 Å². The van der Waals surface area contributed by atoms with Crippen LogP contribution >= 0.6 is 0 Å². The number of amides is 2. The smallest absolute Gasteiger partial charge is 0.488 e. The molecule has 0 radical (unpaired) electrons. The predicted molar refractivity (Wildman–Crippen MR) is 121 cm³/mol. The molecule has 0 aliphatic carbocycles. The molecule has 0 spiro atoms. The summed E-state index contributed by atoms with van der Waals surface area (Å²) in [5, 5.41) is 20.3. The lowest BCUT2D eigenvalue weighted by atomic mass is 9.79. The summed E-state index contributed by atoms with van der Waals surface area (Å²) in [6.45, 7) is 9.73. The van der Waals surface area contributed by atoms with Gasteiger partial charge >= 0.3 is 7.12 Å². The van der Waals surface area contributed by atoms with Gasteiger partial charge in [-0.3, -0.25) is 15.0 Å². The van der Waals surface area contributed by atoms with E-state index < -0.39 is 18.9 Å². The van der Waals surface area contributed by atoms with Crippen LogP contribution in [0, 0.1) is 12.3 Å². The Hall–Kier alpha value is -2.84. The van der Waals surface area contributed by atoms with Crippen molar-refractivity contribution in [2.24, 2.45) is 5.41 Å². The van der Waals surface area contributed by atoms with Crippen LogP contribution in [0.25, 0.3) is 0 Å². The first-order chi connectivity index (χ1) is 14.5. The number of ether oxygens (including phenoxy) is 1. The van der Waals surface area contributed by atoms with E-state index in [1.165, 1.54) is 24.3 Å². The fourth-order valence-electron chi connectivity index (χ4n) is 3.68. The van der Waals surface area contributed by atoms with E-state index in [0.29, 0.717) is 23.3 Å². The molecule has 2 rings (SSSR count). The van der Waals surface area contributed by atoms with Gasteiger partial charge in [-0.15, -0.1) is 0 Å². The Morgan fingerprint density at radius 3 is 2.35 bits per heavy atom. The van der Waals surface area contributed by atoms with Gasteiger partial charge in [-0.25, -0.2) is 5.01 Å². The summed E-state index contributed by atoms with van der Waals surface area (Å²) in [6, 6.07) is 11.0. The Kier molecular flexibility index (Phi) is 7.87. The normalized spacial score (nSPS) is 12.1. The van der Waals surface area contributed by atoms with Crippen LogP contribution in [0.4, 0.5) is 0 Å². The Labute approximate surface area is 184 Å². The molecule has 0 unspecified atom stereocenters. The summed E-state index contributed by atoms with van der Waals surface area (Å²) in [7, 11) is -0.158. The molecule has 0 bridgehead atoms. The largest absolute Gasteiger partial charge is 0.496 e. The molecule has 7 nitrogen and oxygen atoms in total. The number of nitrogens with one attached hydrogen (secondary N) is 1. The minimum absolute atomic E-state index is 0.199. The maximum atomic E-state index is 13.5. The number of hydrogen-bond donors (Lipinski definition) is 3. The Bertz CT molecular complexity index is 940. The molecule has 1 atom stereocenters. The van der Waals surface area contributed by atoms with Gasteiger partial charge in [0.15, 0.2) is 0 Å². The van der Waals surface area contributed by atoms with E-state index in [2.05, 4.69) is 5.43 Å². The van der Waals surface area contributed by atoms with Crippen LogP contribution in [0.15, 0.2) is 42.5 Å². The monoisotopic (exact) mass is 426 g/mol. The van der Waals surface area contributed by atoms with Gasteiger partial charge in [0, 0.05) is 16.7 Å². The van der Waals surface area contributed by atoms with Crippen LogP contribution < -0.4 is 15.6 Å². The van der Waals surface area contributed by atoms with Crippen molar-refractivity contribution in [1.82, 2.24) is 10.4 Å². The van der Waals surface area contributed by atoms with Gasteiger partial charge < -0.3 is 14.8 Å². The molecule has 2 amide bonds. The minimum Gasteiger partial charge on any atom is -0.496 e. The number of hydrogen-bond acceptors (Lipinski definition) is 5. The zero-order valence-electron chi connectivity index (χ0n) is 19.0. The quantitative estimate of drug-likeness (QED) is 0.486. The van der Waals surface area contributed by atoms with E-state index in [4.69, 9.17) is 4.74 Å². The third-order valence-electron chi connectivity index (χ3n) is 5.32. The fourth-order valence-corrected chi connectivity index (χ4v) is 3.68. The van der Waals surface area contributed by atoms with Crippen molar-refractivity contribution in [2.45, 2.75) is 47.1 Å². The second-order valence-corrected chi connectivity index (χ2v) is 8.54. The minimum atomic E-state index is -1.69. The van der Waals surface area contributed by atoms with Gasteiger partial charge in [0.05, 0.1) is 13.2 Å². The van der Waals surface area contributed by atoms with Gasteiger partial charge in [-0.2, -0.15) is 0 Å². The van der Waals surface area contributed by atoms with Crippen LogP contribution in [0.2, 0.25) is 0 Å². The van der Waals surface area contributed by atoms with Gasteiger partial charge in [-0.05, 0) is 48.5 Å². The number of hydrazine groups is 1. The van der Waals surface area contributed by atoms with Crippen molar-refractivity contribution in [3.8, 4) is 5.75 Å². The van der Waals surface area contributed by atoms with E-state index in [-0.39, 0.29) is 22.5 Å². The Morgan fingerprint density at radius 2 is 1.81 bits per heavy atom. The molecule has 0 aromatic heterocycles. The van der Waals surface area contributed by atoms with E-state index in [1.807, 2.05) is 27.7 Å². The third-order valence-corrected chi connectivity index (χ3v) is 5.32. The van der Waals surface area contributed by atoms with Crippen molar-refractivity contribution < 1.29 is 24.4 Å². The Balaban J connectivity index is 2.48. The fraction of sp³-hybridized carbons (Fsp3) is 0.391. The SMILES string of the molecule is CC[C@@H](N(NC(=O)c1cccc(OC)c1C)C(=O)c1cccc(B(O)O)c1)C(C)(C)C. The molecule has 0 aliphatic rings. The first kappa shape index (κ1) is 24.4. The van der Waals surface area contributed by atoms with Crippen molar-refractivity contribution in [3.05, 3.63) is 59.2 Å². The van der Waals surface area contributed by atoms with E-state index >= 15 is 0 Å². The number of carbonyl (C=O) groups excluding carboxylic acids is 2.